The summed E-state index contributed by atoms with van der Waals surface area (Å²) >= 11 is 3.40. The van der Waals surface area contributed by atoms with Crippen molar-refractivity contribution in [3.8, 4) is 0 Å². The van der Waals surface area contributed by atoms with E-state index in [1.807, 2.05) is 48.5 Å². The van der Waals surface area contributed by atoms with Crippen molar-refractivity contribution >= 4 is 33.5 Å². The van der Waals surface area contributed by atoms with Crippen LogP contribution in [-0.4, -0.2) is 25.0 Å². The van der Waals surface area contributed by atoms with Gasteiger partial charge in [-0.25, -0.2) is 4.79 Å². The standard InChI is InChI=1S/C18H14BrNO4/c1-20-14-8-7-12(19)9-13(14)18(17(20)22)15(24-18)16(21)23-10-11-5-3-2-4-6-11/h2-9,15H,10H2,1H3/t15-,18+/m0/s1. The van der Waals surface area contributed by atoms with Crippen molar-refractivity contribution in [2.24, 2.45) is 0 Å². The molecule has 1 spiro atoms. The van der Waals surface area contributed by atoms with E-state index in [4.69, 9.17) is 9.47 Å². The van der Waals surface area contributed by atoms with E-state index in [9.17, 15) is 9.59 Å². The summed E-state index contributed by atoms with van der Waals surface area (Å²) in [6.07, 6.45) is -0.897. The third-order valence-electron chi connectivity index (χ3n) is 4.40. The fourth-order valence-corrected chi connectivity index (χ4v) is 3.47. The normalized spacial score (nSPS) is 24.2. The Hall–Kier alpha value is -2.18. The van der Waals surface area contributed by atoms with Crippen LogP contribution in [0.3, 0.4) is 0 Å². The molecule has 1 fully saturated rings. The van der Waals surface area contributed by atoms with Crippen LogP contribution in [0, 0.1) is 0 Å². The van der Waals surface area contributed by atoms with Gasteiger partial charge in [-0.3, -0.25) is 4.79 Å². The summed E-state index contributed by atoms with van der Waals surface area (Å²) in [5.74, 6) is -0.759. The number of hydrogen-bond donors (Lipinski definition) is 0. The van der Waals surface area contributed by atoms with Crippen LogP contribution in [0.2, 0.25) is 0 Å². The van der Waals surface area contributed by atoms with Gasteiger partial charge in [-0.15, -0.1) is 0 Å². The first-order valence-electron chi connectivity index (χ1n) is 7.50. The van der Waals surface area contributed by atoms with Gasteiger partial charge in [0.05, 0.1) is 5.69 Å². The molecule has 0 saturated carbocycles. The maximum atomic E-state index is 12.6. The Kier molecular flexibility index (Phi) is 3.47. The number of hydrogen-bond acceptors (Lipinski definition) is 4. The largest absolute Gasteiger partial charge is 0.459 e. The Balaban J connectivity index is 1.55. The summed E-state index contributed by atoms with van der Waals surface area (Å²) in [6.45, 7) is 0.158. The molecule has 0 unspecified atom stereocenters. The van der Waals surface area contributed by atoms with Gasteiger partial charge in [0.2, 0.25) is 5.60 Å². The van der Waals surface area contributed by atoms with Crippen molar-refractivity contribution in [2.45, 2.75) is 18.3 Å². The Labute approximate surface area is 147 Å². The van der Waals surface area contributed by atoms with E-state index in [1.165, 1.54) is 4.90 Å². The number of esters is 1. The number of amides is 1. The summed E-state index contributed by atoms with van der Waals surface area (Å²) in [4.78, 5) is 26.5. The van der Waals surface area contributed by atoms with Gasteiger partial charge in [-0.1, -0.05) is 46.3 Å². The number of rotatable bonds is 3. The molecule has 4 rings (SSSR count). The number of epoxide rings is 1. The number of fused-ring (bicyclic) bond motifs is 2. The number of anilines is 1. The first-order chi connectivity index (χ1) is 11.5. The Morgan fingerprint density at radius 2 is 2.04 bits per heavy atom. The lowest BCUT2D eigenvalue weighted by Crippen LogP contribution is -2.33. The van der Waals surface area contributed by atoms with Crippen molar-refractivity contribution in [3.05, 3.63) is 64.1 Å². The van der Waals surface area contributed by atoms with E-state index in [-0.39, 0.29) is 12.5 Å². The Morgan fingerprint density at radius 1 is 1.29 bits per heavy atom. The number of halogens is 1. The first kappa shape index (κ1) is 15.4. The van der Waals surface area contributed by atoms with Crippen LogP contribution in [-0.2, 0) is 31.3 Å². The molecule has 0 aliphatic carbocycles. The highest BCUT2D eigenvalue weighted by Gasteiger charge is 2.72. The molecule has 0 bridgehead atoms. The molecule has 2 aliphatic heterocycles. The third kappa shape index (κ3) is 2.17. The number of nitrogens with zero attached hydrogens (tertiary/aromatic N) is 1. The number of carbonyl (C=O) groups is 2. The summed E-state index contributed by atoms with van der Waals surface area (Å²) in [5.41, 5.74) is 1.10. The van der Waals surface area contributed by atoms with Crippen LogP contribution >= 0.6 is 15.9 Å². The van der Waals surface area contributed by atoms with Gasteiger partial charge in [0.1, 0.15) is 6.61 Å². The van der Waals surface area contributed by atoms with E-state index in [2.05, 4.69) is 15.9 Å². The van der Waals surface area contributed by atoms with Crippen LogP contribution < -0.4 is 4.90 Å². The molecule has 0 radical (unpaired) electrons. The van der Waals surface area contributed by atoms with Gasteiger partial charge in [0.15, 0.2) is 6.10 Å². The number of benzene rings is 2. The highest BCUT2D eigenvalue weighted by molar-refractivity contribution is 9.10. The molecule has 24 heavy (non-hydrogen) atoms. The molecule has 2 aromatic rings. The molecular formula is C18H14BrNO4. The monoisotopic (exact) mass is 387 g/mol. The van der Waals surface area contributed by atoms with Crippen LogP contribution in [0.4, 0.5) is 5.69 Å². The van der Waals surface area contributed by atoms with Crippen LogP contribution in [0.5, 0.6) is 0 Å². The predicted molar refractivity (Wildman–Crippen MR) is 90.3 cm³/mol. The highest BCUT2D eigenvalue weighted by Crippen LogP contribution is 2.56. The lowest BCUT2D eigenvalue weighted by molar-refractivity contribution is -0.146. The fraction of sp³-hybridized carbons (Fsp3) is 0.222. The minimum atomic E-state index is -1.23. The quantitative estimate of drug-likeness (QED) is 0.600. The summed E-state index contributed by atoms with van der Waals surface area (Å²) in [5, 5.41) is 0. The van der Waals surface area contributed by atoms with Gasteiger partial charge in [0.25, 0.3) is 5.91 Å². The molecule has 1 amide bonds. The van der Waals surface area contributed by atoms with E-state index in [1.54, 1.807) is 7.05 Å². The van der Waals surface area contributed by atoms with Gasteiger partial charge in [-0.05, 0) is 23.8 Å². The van der Waals surface area contributed by atoms with Crippen LogP contribution in [0.1, 0.15) is 11.1 Å². The molecule has 5 nitrogen and oxygen atoms in total. The maximum Gasteiger partial charge on any atom is 0.339 e. The summed E-state index contributed by atoms with van der Waals surface area (Å²) < 4.78 is 11.7. The molecule has 2 heterocycles. The molecular weight excluding hydrogens is 374 g/mol. The molecule has 0 aromatic heterocycles. The predicted octanol–water partition coefficient (Wildman–Crippen LogP) is 2.76. The summed E-state index contributed by atoms with van der Waals surface area (Å²) in [6, 6.07) is 14.9. The zero-order valence-electron chi connectivity index (χ0n) is 12.9. The van der Waals surface area contributed by atoms with Crippen molar-refractivity contribution < 1.29 is 19.1 Å². The van der Waals surface area contributed by atoms with E-state index in [0.717, 1.165) is 15.7 Å². The second-order valence-corrected chi connectivity index (χ2v) is 6.77. The van der Waals surface area contributed by atoms with E-state index >= 15 is 0 Å². The molecule has 2 aromatic carbocycles. The van der Waals surface area contributed by atoms with Crippen LogP contribution in [0.25, 0.3) is 0 Å². The molecule has 1 saturated heterocycles. The van der Waals surface area contributed by atoms with Gasteiger partial charge < -0.3 is 14.4 Å². The Bertz CT molecular complexity index is 838. The van der Waals surface area contributed by atoms with Crippen molar-refractivity contribution in [1.82, 2.24) is 0 Å². The molecule has 2 atom stereocenters. The number of ether oxygens (including phenoxy) is 2. The molecule has 2 aliphatic rings. The highest BCUT2D eigenvalue weighted by atomic mass is 79.9. The van der Waals surface area contributed by atoms with Crippen molar-refractivity contribution in [2.75, 3.05) is 11.9 Å². The zero-order chi connectivity index (χ0) is 16.9. The smallest absolute Gasteiger partial charge is 0.339 e. The first-order valence-corrected chi connectivity index (χ1v) is 8.30. The molecule has 6 heteroatoms. The average Bonchev–Trinajstić information content (AvgIpc) is 3.32. The number of likely N-dealkylation sites (N-methyl/N-ethyl adjacent to an activating group) is 1. The SMILES string of the molecule is CN1C(=O)[C@@]2(O[C@H]2C(=O)OCc2ccccc2)c2cc(Br)ccc21. The fourth-order valence-electron chi connectivity index (χ4n) is 3.11. The van der Waals surface area contributed by atoms with E-state index < -0.39 is 17.7 Å². The molecule has 122 valence electrons. The lowest BCUT2D eigenvalue weighted by Gasteiger charge is -2.08. The molecule has 0 N–H and O–H groups in total. The minimum absolute atomic E-state index is 0.158. The minimum Gasteiger partial charge on any atom is -0.459 e. The lowest BCUT2D eigenvalue weighted by atomic mass is 9.97. The van der Waals surface area contributed by atoms with E-state index in [0.29, 0.717) is 5.56 Å². The zero-order valence-corrected chi connectivity index (χ0v) is 14.4. The second kappa shape index (κ2) is 5.43. The summed E-state index contributed by atoms with van der Waals surface area (Å²) in [7, 11) is 1.68. The Morgan fingerprint density at radius 3 is 2.79 bits per heavy atom. The van der Waals surface area contributed by atoms with Gasteiger partial charge >= 0.3 is 5.97 Å². The topological polar surface area (TPSA) is 59.1 Å². The van der Waals surface area contributed by atoms with Gasteiger partial charge in [-0.2, -0.15) is 0 Å². The van der Waals surface area contributed by atoms with Crippen LogP contribution in [0.15, 0.2) is 53.0 Å². The maximum absolute atomic E-state index is 12.6. The number of carbonyl (C=O) groups excluding carboxylic acids is 2. The third-order valence-corrected chi connectivity index (χ3v) is 4.89. The second-order valence-electron chi connectivity index (χ2n) is 5.85. The van der Waals surface area contributed by atoms with Crippen molar-refractivity contribution in [1.29, 1.82) is 0 Å². The average molecular weight is 388 g/mol. The van der Waals surface area contributed by atoms with Crippen molar-refractivity contribution in [3.63, 3.8) is 0 Å². The van der Waals surface area contributed by atoms with Gasteiger partial charge in [0, 0.05) is 17.1 Å².